The van der Waals surface area contributed by atoms with Gasteiger partial charge in [0.15, 0.2) is 0 Å². The number of hydrogen-bond donors (Lipinski definition) is 1. The van der Waals surface area contributed by atoms with Crippen LogP contribution in [-0.2, 0) is 6.61 Å². The number of hydrogen-bond acceptors (Lipinski definition) is 7. The van der Waals surface area contributed by atoms with E-state index in [1.54, 1.807) is 13.0 Å². The van der Waals surface area contributed by atoms with Crippen molar-refractivity contribution >= 4 is 38.2 Å². The van der Waals surface area contributed by atoms with Crippen LogP contribution in [-0.4, -0.2) is 14.5 Å². The normalized spacial score (nSPS) is 10.4. The largest absolute Gasteiger partial charge is 0.480 e. The Kier molecular flexibility index (Phi) is 3.96. The fourth-order valence-electron chi connectivity index (χ4n) is 1.49. The molecule has 100 valence electrons. The molecule has 0 radical (unpaired) electrons. The maximum Gasteiger partial charge on any atom is 0.312 e. The zero-order valence-corrected chi connectivity index (χ0v) is 12.2. The van der Waals surface area contributed by atoms with Gasteiger partial charge < -0.3 is 10.5 Å². The van der Waals surface area contributed by atoms with E-state index in [0.717, 1.165) is 11.5 Å². The van der Waals surface area contributed by atoms with E-state index in [1.165, 1.54) is 6.07 Å². The molecule has 2 N–H and O–H groups in total. The topological polar surface area (TPSA) is 104 Å². The molecule has 0 fully saturated rings. The molecule has 0 amide bonds. The lowest BCUT2D eigenvalue weighted by Crippen LogP contribution is -2.03. The molecule has 1 aromatic carbocycles. The van der Waals surface area contributed by atoms with Crippen molar-refractivity contribution in [2.24, 2.45) is 0 Å². The first-order valence-electron chi connectivity index (χ1n) is 5.13. The molecule has 2 rings (SSSR count). The predicted octanol–water partition coefficient (Wildman–Crippen LogP) is 2.68. The van der Waals surface area contributed by atoms with Crippen molar-refractivity contribution in [1.29, 1.82) is 0 Å². The van der Waals surface area contributed by atoms with Crippen LogP contribution in [0.1, 0.15) is 11.3 Å². The molecule has 0 aliphatic carbocycles. The summed E-state index contributed by atoms with van der Waals surface area (Å²) in [6, 6.07) is 3.13. The van der Waals surface area contributed by atoms with Gasteiger partial charge >= 0.3 is 5.69 Å². The minimum Gasteiger partial charge on any atom is -0.480 e. The van der Waals surface area contributed by atoms with E-state index in [9.17, 15) is 10.1 Å². The second-order valence-electron chi connectivity index (χ2n) is 3.70. The number of nitrogen functional groups attached to an aromatic ring is 1. The van der Waals surface area contributed by atoms with Crippen LogP contribution in [0, 0.1) is 17.0 Å². The maximum atomic E-state index is 11.0. The highest BCUT2D eigenvalue weighted by molar-refractivity contribution is 9.10. The third-order valence-electron chi connectivity index (χ3n) is 2.35. The number of anilines is 1. The molecule has 0 unspecified atom stereocenters. The zero-order chi connectivity index (χ0) is 14.0. The number of aryl methyl sites for hydroxylation is 1. The first-order valence-corrected chi connectivity index (χ1v) is 6.69. The quantitative estimate of drug-likeness (QED) is 0.675. The Labute approximate surface area is 120 Å². The van der Waals surface area contributed by atoms with Gasteiger partial charge in [0, 0.05) is 22.1 Å². The molecule has 7 nitrogen and oxygen atoms in total. The second kappa shape index (κ2) is 5.49. The summed E-state index contributed by atoms with van der Waals surface area (Å²) in [6.07, 6.45) is 0. The summed E-state index contributed by atoms with van der Waals surface area (Å²) in [5, 5.41) is 15.2. The standard InChI is InChI=1S/C10H9BrN4O3S/c1-5-2-6(11)3-8(15(16)17)9(5)18-4-7-10(12)19-14-13-7/h2-3H,4,12H2,1H3. The Morgan fingerprint density at radius 1 is 1.58 bits per heavy atom. The summed E-state index contributed by atoms with van der Waals surface area (Å²) in [6.45, 7) is 1.78. The van der Waals surface area contributed by atoms with Crippen LogP contribution in [0.5, 0.6) is 5.75 Å². The van der Waals surface area contributed by atoms with Crippen molar-refractivity contribution < 1.29 is 9.66 Å². The number of halogens is 1. The van der Waals surface area contributed by atoms with Crippen LogP contribution in [0.3, 0.4) is 0 Å². The lowest BCUT2D eigenvalue weighted by Gasteiger charge is -2.09. The number of benzene rings is 1. The monoisotopic (exact) mass is 344 g/mol. The van der Waals surface area contributed by atoms with E-state index in [0.29, 0.717) is 20.7 Å². The van der Waals surface area contributed by atoms with Gasteiger partial charge in [0.1, 0.15) is 17.3 Å². The third-order valence-corrected chi connectivity index (χ3v) is 3.41. The van der Waals surface area contributed by atoms with E-state index in [2.05, 4.69) is 25.5 Å². The summed E-state index contributed by atoms with van der Waals surface area (Å²) >= 11 is 4.27. The van der Waals surface area contributed by atoms with Gasteiger partial charge in [-0.05, 0) is 18.6 Å². The lowest BCUT2D eigenvalue weighted by atomic mass is 10.2. The highest BCUT2D eigenvalue weighted by Gasteiger charge is 2.19. The molecular formula is C10H9BrN4O3S. The Hall–Kier alpha value is -1.74. The molecule has 0 bridgehead atoms. The molecule has 1 heterocycles. The smallest absolute Gasteiger partial charge is 0.312 e. The average Bonchev–Trinajstić information content (AvgIpc) is 2.73. The van der Waals surface area contributed by atoms with Gasteiger partial charge in [-0.1, -0.05) is 20.4 Å². The molecule has 0 aliphatic heterocycles. The predicted molar refractivity (Wildman–Crippen MR) is 74.2 cm³/mol. The zero-order valence-electron chi connectivity index (χ0n) is 9.79. The van der Waals surface area contributed by atoms with Gasteiger partial charge in [0.25, 0.3) is 0 Å². The molecule has 0 saturated heterocycles. The number of ether oxygens (including phenoxy) is 1. The van der Waals surface area contributed by atoms with E-state index >= 15 is 0 Å². The fourth-order valence-corrected chi connectivity index (χ4v) is 2.48. The van der Waals surface area contributed by atoms with Crippen molar-refractivity contribution in [3.8, 4) is 5.75 Å². The fraction of sp³-hybridized carbons (Fsp3) is 0.200. The van der Waals surface area contributed by atoms with Crippen LogP contribution in [0.2, 0.25) is 0 Å². The molecule has 1 aromatic heterocycles. The van der Waals surface area contributed by atoms with Gasteiger partial charge in [-0.25, -0.2) is 0 Å². The molecular weight excluding hydrogens is 336 g/mol. The van der Waals surface area contributed by atoms with Crippen molar-refractivity contribution in [1.82, 2.24) is 9.59 Å². The van der Waals surface area contributed by atoms with Gasteiger partial charge in [0.2, 0.25) is 5.75 Å². The summed E-state index contributed by atoms with van der Waals surface area (Å²) in [7, 11) is 0. The summed E-state index contributed by atoms with van der Waals surface area (Å²) < 4.78 is 9.77. The van der Waals surface area contributed by atoms with Gasteiger partial charge in [-0.15, -0.1) is 5.10 Å². The molecule has 0 saturated carbocycles. The molecule has 9 heteroatoms. The van der Waals surface area contributed by atoms with Crippen molar-refractivity contribution in [3.05, 3.63) is 38.0 Å². The van der Waals surface area contributed by atoms with Gasteiger partial charge in [-0.3, -0.25) is 10.1 Å². The number of nitrogens with two attached hydrogens (primary N) is 1. The third kappa shape index (κ3) is 2.99. The van der Waals surface area contributed by atoms with Crippen LogP contribution in [0.25, 0.3) is 0 Å². The van der Waals surface area contributed by atoms with Gasteiger partial charge in [-0.2, -0.15) is 0 Å². The first-order chi connectivity index (χ1) is 8.99. The Balaban J connectivity index is 2.29. The number of nitrogens with zero attached hydrogens (tertiary/aromatic N) is 3. The Morgan fingerprint density at radius 3 is 2.89 bits per heavy atom. The van der Waals surface area contributed by atoms with E-state index in [4.69, 9.17) is 10.5 Å². The minimum atomic E-state index is -0.490. The number of aromatic nitrogens is 2. The maximum absolute atomic E-state index is 11.0. The Bertz CT molecular complexity index is 631. The highest BCUT2D eigenvalue weighted by Crippen LogP contribution is 2.34. The molecule has 0 aliphatic rings. The average molecular weight is 345 g/mol. The van der Waals surface area contributed by atoms with Crippen LogP contribution < -0.4 is 10.5 Å². The van der Waals surface area contributed by atoms with Crippen molar-refractivity contribution in [3.63, 3.8) is 0 Å². The summed E-state index contributed by atoms with van der Waals surface area (Å²) in [5.74, 6) is 0.209. The van der Waals surface area contributed by atoms with Crippen molar-refractivity contribution in [2.75, 3.05) is 5.73 Å². The lowest BCUT2D eigenvalue weighted by molar-refractivity contribution is -0.386. The highest BCUT2D eigenvalue weighted by atomic mass is 79.9. The number of nitro benzene ring substituents is 1. The molecule has 0 atom stereocenters. The molecule has 19 heavy (non-hydrogen) atoms. The summed E-state index contributed by atoms with van der Waals surface area (Å²) in [5.41, 5.74) is 6.66. The SMILES string of the molecule is Cc1cc(Br)cc([N+](=O)[O-])c1OCc1nnsc1N. The van der Waals surface area contributed by atoms with Crippen LogP contribution >= 0.6 is 27.5 Å². The second-order valence-corrected chi connectivity index (χ2v) is 5.40. The molecule has 0 spiro atoms. The minimum absolute atomic E-state index is 0.0473. The first kappa shape index (κ1) is 13.7. The van der Waals surface area contributed by atoms with Crippen LogP contribution in [0.15, 0.2) is 16.6 Å². The van der Waals surface area contributed by atoms with Gasteiger partial charge in [0.05, 0.1) is 4.92 Å². The molecule has 2 aromatic rings. The van der Waals surface area contributed by atoms with Crippen LogP contribution in [0.4, 0.5) is 10.7 Å². The number of nitro groups is 1. The Morgan fingerprint density at radius 2 is 2.32 bits per heavy atom. The number of rotatable bonds is 4. The van der Waals surface area contributed by atoms with E-state index in [-0.39, 0.29) is 18.0 Å². The van der Waals surface area contributed by atoms with E-state index in [1.807, 2.05) is 0 Å². The van der Waals surface area contributed by atoms with Crippen molar-refractivity contribution in [2.45, 2.75) is 13.5 Å². The van der Waals surface area contributed by atoms with E-state index < -0.39 is 4.92 Å². The summed E-state index contributed by atoms with van der Waals surface area (Å²) in [4.78, 5) is 10.5.